The number of rotatable bonds is 32. The predicted octanol–water partition coefficient (Wildman–Crippen LogP) is 9.90. The Bertz CT molecular complexity index is 919. The number of esters is 2. The number of unbranched alkanes of at least 4 members (excludes halogenated alkanes) is 18. The van der Waals surface area contributed by atoms with E-state index >= 15 is 0 Å². The third-order valence-corrected chi connectivity index (χ3v) is 8.56. The lowest BCUT2D eigenvalue weighted by molar-refractivity contribution is -0.295. The van der Waals surface area contributed by atoms with Gasteiger partial charge < -0.3 is 14.6 Å². The number of aliphatic hydroxyl groups is 1. The number of hydrogen-bond donors (Lipinski definition) is 2. The fourth-order valence-electron chi connectivity index (χ4n) is 5.09. The van der Waals surface area contributed by atoms with Gasteiger partial charge in [0.25, 0.3) is 0 Å². The maximum absolute atomic E-state index is 12.6. The summed E-state index contributed by atoms with van der Waals surface area (Å²) in [5.41, 5.74) is 0. The van der Waals surface area contributed by atoms with Gasteiger partial charge in [-0.15, -0.1) is 0 Å². The van der Waals surface area contributed by atoms with Crippen molar-refractivity contribution in [3.8, 4) is 0 Å². The summed E-state index contributed by atoms with van der Waals surface area (Å²) in [6.07, 6.45) is 34.2. The summed E-state index contributed by atoms with van der Waals surface area (Å²) in [5, 5.41) is 10.1. The van der Waals surface area contributed by atoms with Crippen LogP contribution in [0.5, 0.6) is 0 Å². The summed E-state index contributed by atoms with van der Waals surface area (Å²) in [6.45, 7) is 7.57. The molecule has 0 aromatic rings. The van der Waals surface area contributed by atoms with Crippen molar-refractivity contribution < 1.29 is 46.4 Å². The molecule has 0 bridgehead atoms. The van der Waals surface area contributed by atoms with Gasteiger partial charge >= 0.3 is 28.2 Å². The summed E-state index contributed by atoms with van der Waals surface area (Å²) in [5.74, 6) is -2.46. The van der Waals surface area contributed by atoms with E-state index in [1.54, 1.807) is 14.0 Å². The number of carbonyl (C=O) groups excluding carboxylic acids is 2. The maximum atomic E-state index is 12.6. The average molecular weight is 736 g/mol. The summed E-state index contributed by atoms with van der Waals surface area (Å²) < 4.78 is 41.0. The monoisotopic (exact) mass is 735 g/mol. The van der Waals surface area contributed by atoms with Crippen molar-refractivity contribution in [2.75, 3.05) is 14.2 Å². The molecule has 0 aliphatic heterocycles. The molecule has 0 aromatic carbocycles. The largest absolute Gasteiger partial charge is 0.424 e. The smallest absolute Gasteiger partial charge is 0.408 e. The van der Waals surface area contributed by atoms with E-state index in [0.717, 1.165) is 71.3 Å². The first-order valence-corrected chi connectivity index (χ1v) is 20.5. The predicted molar refractivity (Wildman–Crippen MR) is 200 cm³/mol. The highest BCUT2D eigenvalue weighted by Gasteiger charge is 2.39. The van der Waals surface area contributed by atoms with Crippen LogP contribution in [0.15, 0.2) is 24.3 Å². The van der Waals surface area contributed by atoms with Crippen LogP contribution in [0.25, 0.3) is 0 Å². The molecule has 0 aliphatic rings. The zero-order valence-corrected chi connectivity index (χ0v) is 33.2. The average Bonchev–Trinajstić information content (AvgIpc) is 3.04. The van der Waals surface area contributed by atoms with Gasteiger partial charge in [0.1, 0.15) is 6.23 Å². The molecular formula is C38H73NO10S. The van der Waals surface area contributed by atoms with Crippen LogP contribution in [0.1, 0.15) is 182 Å². The molecule has 0 fully saturated rings. The quantitative estimate of drug-likeness (QED) is 0.0129. The van der Waals surface area contributed by atoms with Crippen molar-refractivity contribution >= 4 is 22.3 Å². The lowest BCUT2D eigenvalue weighted by Crippen LogP contribution is -2.54. The van der Waals surface area contributed by atoms with Crippen molar-refractivity contribution in [2.45, 2.75) is 194 Å². The molecule has 0 rings (SSSR count). The number of ether oxygens (including phenoxy) is 2. The Morgan fingerprint density at radius 3 is 1.26 bits per heavy atom. The minimum absolute atomic E-state index is 0.270. The van der Waals surface area contributed by atoms with Crippen molar-refractivity contribution in [1.29, 1.82) is 0 Å². The van der Waals surface area contributed by atoms with Gasteiger partial charge in [-0.05, 0) is 78.2 Å². The van der Waals surface area contributed by atoms with E-state index in [2.05, 4.69) is 47.4 Å². The highest BCUT2D eigenvalue weighted by Crippen LogP contribution is 2.22. The molecule has 0 saturated heterocycles. The molecule has 0 amide bonds. The van der Waals surface area contributed by atoms with Crippen LogP contribution in [-0.4, -0.2) is 61.2 Å². The van der Waals surface area contributed by atoms with Crippen molar-refractivity contribution in [3.05, 3.63) is 24.3 Å². The molecule has 0 saturated carbocycles. The number of carbonyl (C=O) groups is 2. The molecule has 50 heavy (non-hydrogen) atoms. The second-order valence-electron chi connectivity index (χ2n) is 13.0. The normalized spacial score (nSPS) is 13.7. The van der Waals surface area contributed by atoms with Crippen molar-refractivity contribution in [2.24, 2.45) is 0 Å². The molecule has 11 nitrogen and oxygen atoms in total. The minimum atomic E-state index is -4.40. The van der Waals surface area contributed by atoms with Crippen LogP contribution in [0.3, 0.4) is 0 Å². The van der Waals surface area contributed by atoms with E-state index in [9.17, 15) is 23.1 Å². The Hall–Kier alpha value is -1.83. The van der Waals surface area contributed by atoms with Crippen LogP contribution in [-0.2, 0) is 38.7 Å². The third-order valence-electron chi connectivity index (χ3n) is 8.25. The SMILES string of the molecule is CCCCCCC=CCCCCCCCC(=O)OC(C)(OC(=O)CCCCCCCC=CCCCCCC)N(C)C(C)O.COOS(=O)(=O)O. The fraction of sp³-hybridized carbons (Fsp3) is 0.842. The van der Waals surface area contributed by atoms with Crippen LogP contribution in [0.2, 0.25) is 0 Å². The summed E-state index contributed by atoms with van der Waals surface area (Å²) in [7, 11) is -1.84. The van der Waals surface area contributed by atoms with E-state index in [1.165, 1.54) is 88.9 Å². The maximum Gasteiger partial charge on any atom is 0.424 e. The Morgan fingerprint density at radius 2 is 0.980 bits per heavy atom. The topological polar surface area (TPSA) is 149 Å². The van der Waals surface area contributed by atoms with Gasteiger partial charge in [0, 0.05) is 19.8 Å². The molecule has 0 aliphatic carbocycles. The van der Waals surface area contributed by atoms with Gasteiger partial charge in [0.2, 0.25) is 0 Å². The standard InChI is InChI=1S/C37H69NO5.CH4O5S/c1-6-8-10-12-14-16-18-20-22-24-26-28-30-32-35(40)42-37(4,38(5)34(3)39)43-36(41)33-31-29-27-25-23-21-19-17-15-13-11-9-7-2;1-5-6-7(2,3)4/h16-19,34,39H,6-15,20-33H2,1-5H3;1H3,(H,2,3,4). The van der Waals surface area contributed by atoms with Gasteiger partial charge in [0.15, 0.2) is 0 Å². The van der Waals surface area contributed by atoms with E-state index in [0.29, 0.717) is 0 Å². The van der Waals surface area contributed by atoms with Crippen LogP contribution in [0, 0.1) is 0 Å². The summed E-state index contributed by atoms with van der Waals surface area (Å²) in [6, 6.07) is 0. The Kier molecular flexibility index (Phi) is 34.5. The van der Waals surface area contributed by atoms with Crippen LogP contribution in [0.4, 0.5) is 0 Å². The second-order valence-corrected chi connectivity index (χ2v) is 14.0. The molecule has 0 spiro atoms. The fourth-order valence-corrected chi connectivity index (χ4v) is 5.26. The Morgan fingerprint density at radius 1 is 0.660 bits per heavy atom. The van der Waals surface area contributed by atoms with Crippen molar-refractivity contribution in [1.82, 2.24) is 4.90 Å². The lowest BCUT2D eigenvalue weighted by Gasteiger charge is -2.38. The third kappa shape index (κ3) is 34.6. The molecule has 0 aromatic heterocycles. The zero-order chi connectivity index (χ0) is 37.9. The highest BCUT2D eigenvalue weighted by molar-refractivity contribution is 7.80. The van der Waals surface area contributed by atoms with Crippen LogP contribution >= 0.6 is 0 Å². The van der Waals surface area contributed by atoms with Gasteiger partial charge in [-0.3, -0.25) is 14.1 Å². The van der Waals surface area contributed by atoms with Crippen molar-refractivity contribution in [3.63, 3.8) is 0 Å². The van der Waals surface area contributed by atoms with Gasteiger partial charge in [0.05, 0.1) is 7.11 Å². The molecule has 1 atom stereocenters. The first kappa shape index (κ1) is 50.3. The Balaban J connectivity index is 0. The highest BCUT2D eigenvalue weighted by atomic mass is 32.3. The summed E-state index contributed by atoms with van der Waals surface area (Å²) >= 11 is 0. The number of aliphatic hydroxyl groups excluding tert-OH is 1. The van der Waals surface area contributed by atoms with E-state index < -0.39 is 34.5 Å². The zero-order valence-electron chi connectivity index (χ0n) is 32.4. The minimum Gasteiger partial charge on any atom is -0.408 e. The lowest BCUT2D eigenvalue weighted by atomic mass is 10.1. The molecule has 296 valence electrons. The number of nitrogens with zero attached hydrogens (tertiary/aromatic N) is 1. The molecule has 1 unspecified atom stereocenters. The Labute approximate surface area is 305 Å². The molecule has 0 radical (unpaired) electrons. The molecule has 12 heteroatoms. The van der Waals surface area contributed by atoms with Gasteiger partial charge in [-0.1, -0.05) is 120 Å². The number of allylic oxidation sites excluding steroid dienone is 4. The first-order chi connectivity index (χ1) is 23.8. The van der Waals surface area contributed by atoms with Gasteiger partial charge in [-0.25, -0.2) is 9.79 Å². The van der Waals surface area contributed by atoms with E-state index in [4.69, 9.17) is 14.0 Å². The van der Waals surface area contributed by atoms with E-state index in [-0.39, 0.29) is 12.8 Å². The number of hydrogen-bond acceptors (Lipinski definition) is 10. The molecule has 2 N–H and O–H groups in total. The first-order valence-electron chi connectivity index (χ1n) is 19.2. The molecule has 0 heterocycles. The van der Waals surface area contributed by atoms with E-state index in [1.807, 2.05) is 0 Å². The van der Waals surface area contributed by atoms with Gasteiger partial charge in [-0.2, -0.15) is 8.42 Å². The van der Waals surface area contributed by atoms with Crippen LogP contribution < -0.4 is 0 Å². The second kappa shape index (κ2) is 34.3. The summed E-state index contributed by atoms with van der Waals surface area (Å²) in [4.78, 5) is 30.2. The molecular weight excluding hydrogens is 662 g/mol.